The van der Waals surface area contributed by atoms with Gasteiger partial charge in [0, 0.05) is 4.47 Å². The first-order valence-electron chi connectivity index (χ1n) is 10.3. The largest absolute Gasteiger partial charge is 0.493 e. The molecule has 0 amide bonds. The highest BCUT2D eigenvalue weighted by Crippen LogP contribution is 2.37. The number of rotatable bonds is 7. The second-order valence-corrected chi connectivity index (χ2v) is 9.29. The Hall–Kier alpha value is -1.87. The number of alkyl halides is 3. The summed E-state index contributed by atoms with van der Waals surface area (Å²) in [5.74, 6) is -0.907. The van der Waals surface area contributed by atoms with Gasteiger partial charge in [-0.3, -0.25) is 0 Å². The molecule has 32 heavy (non-hydrogen) atoms. The summed E-state index contributed by atoms with van der Waals surface area (Å²) in [5.41, 5.74) is 5.98. The van der Waals surface area contributed by atoms with Gasteiger partial charge in [0.15, 0.2) is 5.79 Å². The predicted molar refractivity (Wildman–Crippen MR) is 121 cm³/mol. The summed E-state index contributed by atoms with van der Waals surface area (Å²) < 4.78 is 58.4. The number of nitrogens with two attached hydrogens (primary N) is 1. The van der Waals surface area contributed by atoms with E-state index in [1.165, 1.54) is 6.07 Å². The van der Waals surface area contributed by atoms with Gasteiger partial charge in [-0.25, -0.2) is 0 Å². The van der Waals surface area contributed by atoms with Crippen LogP contribution in [0.3, 0.4) is 0 Å². The van der Waals surface area contributed by atoms with Crippen molar-refractivity contribution in [3.63, 3.8) is 0 Å². The van der Waals surface area contributed by atoms with E-state index < -0.39 is 23.1 Å². The van der Waals surface area contributed by atoms with Gasteiger partial charge in [-0.1, -0.05) is 46.3 Å². The van der Waals surface area contributed by atoms with Crippen LogP contribution in [0.25, 0.3) is 6.08 Å². The number of hydrogen-bond donors (Lipinski definition) is 1. The molecule has 0 bridgehead atoms. The molecule has 3 rings (SSSR count). The molecule has 1 aliphatic rings. The van der Waals surface area contributed by atoms with E-state index >= 15 is 0 Å². The maximum Gasteiger partial charge on any atom is 0.419 e. The van der Waals surface area contributed by atoms with Gasteiger partial charge in [0.05, 0.1) is 30.9 Å². The fourth-order valence-corrected chi connectivity index (χ4v) is 3.43. The van der Waals surface area contributed by atoms with Crippen molar-refractivity contribution in [3.05, 3.63) is 69.7 Å². The summed E-state index contributed by atoms with van der Waals surface area (Å²) in [4.78, 5) is 0. The van der Waals surface area contributed by atoms with Crippen molar-refractivity contribution < 1.29 is 27.4 Å². The Labute approximate surface area is 194 Å². The molecule has 8 heteroatoms. The fraction of sp³-hybridized carbons (Fsp3) is 0.417. The summed E-state index contributed by atoms with van der Waals surface area (Å²) in [7, 11) is 0. The van der Waals surface area contributed by atoms with E-state index in [0.29, 0.717) is 12.0 Å². The van der Waals surface area contributed by atoms with Crippen LogP contribution in [-0.2, 0) is 22.1 Å². The predicted octanol–water partition coefficient (Wildman–Crippen LogP) is 5.97. The molecule has 0 aliphatic carbocycles. The van der Waals surface area contributed by atoms with Gasteiger partial charge in [0.25, 0.3) is 0 Å². The average molecular weight is 514 g/mol. The number of ether oxygens (including phenoxy) is 3. The maximum atomic E-state index is 13.6. The van der Waals surface area contributed by atoms with E-state index in [0.717, 1.165) is 22.5 Å². The lowest BCUT2D eigenvalue weighted by atomic mass is 9.99. The second-order valence-electron chi connectivity index (χ2n) is 8.38. The Morgan fingerprint density at radius 1 is 1.09 bits per heavy atom. The Morgan fingerprint density at radius 3 is 2.38 bits per heavy atom. The molecule has 0 saturated carbocycles. The molecule has 0 atom stereocenters. The molecule has 0 spiro atoms. The normalized spacial score (nSPS) is 18.1. The summed E-state index contributed by atoms with van der Waals surface area (Å²) >= 11 is 3.38. The van der Waals surface area contributed by atoms with Crippen molar-refractivity contribution in [2.75, 3.05) is 19.8 Å². The molecular formula is C24H27BrF3NO3. The monoisotopic (exact) mass is 513 g/mol. The minimum Gasteiger partial charge on any atom is -0.493 e. The van der Waals surface area contributed by atoms with Crippen LogP contribution >= 0.6 is 15.9 Å². The van der Waals surface area contributed by atoms with Crippen molar-refractivity contribution in [3.8, 4) is 5.75 Å². The minimum atomic E-state index is -4.54. The van der Waals surface area contributed by atoms with Gasteiger partial charge in [-0.2, -0.15) is 13.2 Å². The molecule has 2 aromatic rings. The zero-order valence-electron chi connectivity index (χ0n) is 18.0. The van der Waals surface area contributed by atoms with E-state index in [9.17, 15) is 13.2 Å². The first kappa shape index (κ1) is 24.8. The van der Waals surface area contributed by atoms with Crippen LogP contribution < -0.4 is 10.5 Å². The lowest BCUT2D eigenvalue weighted by molar-refractivity contribution is -0.260. The lowest BCUT2D eigenvalue weighted by Gasteiger charge is -2.39. The van der Waals surface area contributed by atoms with Gasteiger partial charge in [-0.05, 0) is 62.1 Å². The van der Waals surface area contributed by atoms with Gasteiger partial charge >= 0.3 is 6.18 Å². The second kappa shape index (κ2) is 9.95. The van der Waals surface area contributed by atoms with E-state index in [1.54, 1.807) is 32.1 Å². The molecule has 0 aromatic heterocycles. The third-order valence-corrected chi connectivity index (χ3v) is 5.60. The van der Waals surface area contributed by atoms with Crippen molar-refractivity contribution in [2.45, 2.75) is 44.2 Å². The van der Waals surface area contributed by atoms with E-state index in [2.05, 4.69) is 15.9 Å². The smallest absolute Gasteiger partial charge is 0.419 e. The number of hydrogen-bond acceptors (Lipinski definition) is 4. The molecule has 2 N–H and O–H groups in total. The highest BCUT2D eigenvalue weighted by molar-refractivity contribution is 9.10. The third-order valence-electron chi connectivity index (χ3n) is 5.07. The van der Waals surface area contributed by atoms with Crippen molar-refractivity contribution in [1.29, 1.82) is 0 Å². The average Bonchev–Trinajstić information content (AvgIpc) is 2.73. The highest BCUT2D eigenvalue weighted by Gasteiger charge is 2.36. The van der Waals surface area contributed by atoms with Crippen molar-refractivity contribution in [2.24, 2.45) is 5.73 Å². The number of aryl methyl sites for hydroxylation is 1. The Morgan fingerprint density at radius 2 is 1.75 bits per heavy atom. The van der Waals surface area contributed by atoms with Crippen LogP contribution in [-0.4, -0.2) is 31.1 Å². The SMILES string of the molecule is CC1(C)OCC(N)(C=Cc2ccc(OCCCc3ccc(Br)cc3)c(C(F)(F)F)c2)CO1. The van der Waals surface area contributed by atoms with Crippen LogP contribution in [0.2, 0.25) is 0 Å². The molecule has 1 saturated heterocycles. The van der Waals surface area contributed by atoms with E-state index in [1.807, 2.05) is 24.3 Å². The molecule has 1 aliphatic heterocycles. The number of benzene rings is 2. The first-order valence-corrected chi connectivity index (χ1v) is 11.1. The molecule has 1 fully saturated rings. The first-order chi connectivity index (χ1) is 15.0. The van der Waals surface area contributed by atoms with Crippen LogP contribution in [0.5, 0.6) is 5.75 Å². The molecule has 1 heterocycles. The lowest BCUT2D eigenvalue weighted by Crippen LogP contribution is -2.55. The summed E-state index contributed by atoms with van der Waals surface area (Å²) in [5, 5.41) is 0. The standard InChI is InChI=1S/C24H27BrF3NO3/c1-22(2)31-15-23(29,16-32-22)12-11-18-7-10-21(20(14-18)24(26,27)28)30-13-3-4-17-5-8-19(25)9-6-17/h5-12,14H,3-4,13,15-16,29H2,1-2H3. The molecule has 2 aromatic carbocycles. The van der Waals surface area contributed by atoms with Gasteiger partial charge in [0.2, 0.25) is 0 Å². The molecule has 174 valence electrons. The Bertz CT molecular complexity index is 932. The van der Waals surface area contributed by atoms with Crippen molar-refractivity contribution >= 4 is 22.0 Å². The zero-order chi connectivity index (χ0) is 23.4. The number of halogens is 4. The Kier molecular flexibility index (Phi) is 7.70. The molecule has 0 radical (unpaired) electrons. The summed E-state index contributed by atoms with van der Waals surface area (Å²) in [6.07, 6.45) is -0.0396. The van der Waals surface area contributed by atoms with E-state index in [4.69, 9.17) is 19.9 Å². The van der Waals surface area contributed by atoms with Gasteiger partial charge in [0.1, 0.15) is 5.75 Å². The topological polar surface area (TPSA) is 53.7 Å². The van der Waals surface area contributed by atoms with Gasteiger partial charge in [-0.15, -0.1) is 0 Å². The highest BCUT2D eigenvalue weighted by atomic mass is 79.9. The van der Waals surface area contributed by atoms with Crippen LogP contribution in [0.4, 0.5) is 13.2 Å². The van der Waals surface area contributed by atoms with Crippen LogP contribution in [0.1, 0.15) is 37.0 Å². The fourth-order valence-electron chi connectivity index (χ4n) is 3.17. The van der Waals surface area contributed by atoms with Crippen LogP contribution in [0, 0.1) is 0 Å². The maximum absolute atomic E-state index is 13.6. The van der Waals surface area contributed by atoms with Gasteiger partial charge < -0.3 is 19.9 Å². The Balaban J connectivity index is 1.64. The minimum absolute atomic E-state index is 0.181. The van der Waals surface area contributed by atoms with E-state index in [-0.39, 0.29) is 25.6 Å². The summed E-state index contributed by atoms with van der Waals surface area (Å²) in [6.45, 7) is 4.17. The third kappa shape index (κ3) is 7.07. The van der Waals surface area contributed by atoms with Crippen molar-refractivity contribution in [1.82, 2.24) is 0 Å². The molecule has 4 nitrogen and oxygen atoms in total. The van der Waals surface area contributed by atoms with Crippen LogP contribution in [0.15, 0.2) is 53.0 Å². The summed E-state index contributed by atoms with van der Waals surface area (Å²) in [6, 6.07) is 11.8. The quantitative estimate of drug-likeness (QED) is 0.463. The molecule has 0 unspecified atom stereocenters. The molecular weight excluding hydrogens is 487 g/mol. The zero-order valence-corrected chi connectivity index (χ0v) is 19.6.